The molecule has 0 atom stereocenters. The third-order valence-corrected chi connectivity index (χ3v) is 4.30. The lowest BCUT2D eigenvalue weighted by molar-refractivity contribution is -0.385. The summed E-state index contributed by atoms with van der Waals surface area (Å²) in [4.78, 5) is 37.3. The number of imidazole rings is 1. The molecule has 0 unspecified atom stereocenters. The van der Waals surface area contributed by atoms with Crippen LogP contribution >= 0.6 is 0 Å². The number of benzene rings is 2. The van der Waals surface area contributed by atoms with E-state index in [1.54, 1.807) is 40.9 Å². The minimum absolute atomic E-state index is 0.0464. The van der Waals surface area contributed by atoms with Crippen molar-refractivity contribution in [3.05, 3.63) is 98.8 Å². The second kappa shape index (κ2) is 7.43. The Labute approximate surface area is 168 Å². The monoisotopic (exact) mass is 404 g/mol. The van der Waals surface area contributed by atoms with Gasteiger partial charge in [0, 0.05) is 30.0 Å². The predicted molar refractivity (Wildman–Crippen MR) is 105 cm³/mol. The first-order valence-electron chi connectivity index (χ1n) is 8.61. The number of nitro benzene ring substituents is 1. The van der Waals surface area contributed by atoms with Gasteiger partial charge in [-0.3, -0.25) is 24.6 Å². The number of ether oxygens (including phenoxy) is 1. The van der Waals surface area contributed by atoms with Crippen molar-refractivity contribution in [3.8, 4) is 17.0 Å². The Morgan fingerprint density at radius 1 is 0.900 bits per heavy atom. The molecule has 0 saturated heterocycles. The molecule has 2 aromatic heterocycles. The van der Waals surface area contributed by atoms with Crippen molar-refractivity contribution in [1.82, 2.24) is 9.38 Å². The second-order valence-electron chi connectivity index (χ2n) is 6.26. The zero-order valence-electron chi connectivity index (χ0n) is 15.2. The lowest BCUT2D eigenvalue weighted by Crippen LogP contribution is -2.08. The summed E-state index contributed by atoms with van der Waals surface area (Å²) in [5.41, 5.74) is 1.68. The predicted octanol–water partition coefficient (Wildman–Crippen LogP) is 4.04. The highest BCUT2D eigenvalue weighted by atomic mass is 16.6. The van der Waals surface area contributed by atoms with Gasteiger partial charge in [0.05, 0.1) is 27.3 Å². The Bertz CT molecular complexity index is 1300. The molecule has 30 heavy (non-hydrogen) atoms. The van der Waals surface area contributed by atoms with Crippen molar-refractivity contribution in [1.29, 1.82) is 0 Å². The summed E-state index contributed by atoms with van der Waals surface area (Å²) < 4.78 is 6.82. The van der Waals surface area contributed by atoms with Gasteiger partial charge in [-0.1, -0.05) is 6.07 Å². The minimum Gasteiger partial charge on any atom is -0.423 e. The number of non-ortho nitro benzene ring substituents is 1. The molecular formula is C20H12N4O6. The second-order valence-corrected chi connectivity index (χ2v) is 6.26. The highest BCUT2D eigenvalue weighted by Crippen LogP contribution is 2.24. The summed E-state index contributed by atoms with van der Waals surface area (Å²) in [6.45, 7) is 0. The van der Waals surface area contributed by atoms with Crippen LogP contribution in [0.2, 0.25) is 0 Å². The van der Waals surface area contributed by atoms with Crippen LogP contribution in [0.3, 0.4) is 0 Å². The van der Waals surface area contributed by atoms with Gasteiger partial charge >= 0.3 is 5.97 Å². The normalized spacial score (nSPS) is 10.7. The molecule has 10 heteroatoms. The third kappa shape index (κ3) is 3.69. The van der Waals surface area contributed by atoms with E-state index in [0.29, 0.717) is 11.3 Å². The van der Waals surface area contributed by atoms with Gasteiger partial charge < -0.3 is 4.74 Å². The maximum Gasteiger partial charge on any atom is 0.343 e. The number of hydrogen-bond donors (Lipinski definition) is 0. The van der Waals surface area contributed by atoms with E-state index in [4.69, 9.17) is 4.74 Å². The molecule has 0 N–H and O–H groups in total. The van der Waals surface area contributed by atoms with Crippen LogP contribution in [-0.2, 0) is 0 Å². The Kier molecular flexibility index (Phi) is 4.64. The summed E-state index contributed by atoms with van der Waals surface area (Å²) >= 11 is 0. The van der Waals surface area contributed by atoms with Crippen molar-refractivity contribution >= 4 is 23.0 Å². The molecule has 4 rings (SSSR count). The Morgan fingerprint density at radius 2 is 1.63 bits per heavy atom. The molecule has 0 amide bonds. The number of nitro groups is 2. The molecule has 0 aliphatic carbocycles. The van der Waals surface area contributed by atoms with E-state index in [0.717, 1.165) is 11.6 Å². The van der Waals surface area contributed by atoms with Gasteiger partial charge in [0.25, 0.3) is 11.4 Å². The molecule has 10 nitrogen and oxygen atoms in total. The topological polar surface area (TPSA) is 130 Å². The fraction of sp³-hybridized carbons (Fsp3) is 0. The first kappa shape index (κ1) is 18.7. The lowest BCUT2D eigenvalue weighted by atomic mass is 10.1. The van der Waals surface area contributed by atoms with Gasteiger partial charge in [-0.05, 0) is 36.4 Å². The third-order valence-electron chi connectivity index (χ3n) is 4.30. The van der Waals surface area contributed by atoms with Crippen LogP contribution in [0.5, 0.6) is 5.75 Å². The summed E-state index contributed by atoms with van der Waals surface area (Å²) in [5.74, 6) is -0.457. The van der Waals surface area contributed by atoms with Crippen LogP contribution in [0.4, 0.5) is 11.4 Å². The number of pyridine rings is 1. The molecule has 0 aliphatic heterocycles. The standard InChI is InChI=1S/C20H12N4O6/c25-20(14-2-1-3-15(10-14)23(26)27)30-17-7-4-13(5-8-17)18-12-22-11-16(24(28)29)6-9-19(22)21-18/h1-12H. The largest absolute Gasteiger partial charge is 0.423 e. The number of carbonyl (C=O) groups excluding carboxylic acids is 1. The summed E-state index contributed by atoms with van der Waals surface area (Å²) in [6, 6.07) is 14.7. The van der Waals surface area contributed by atoms with E-state index in [-0.39, 0.29) is 22.7 Å². The van der Waals surface area contributed by atoms with Gasteiger partial charge in [0.2, 0.25) is 0 Å². The highest BCUT2D eigenvalue weighted by Gasteiger charge is 2.14. The number of aromatic nitrogens is 2. The summed E-state index contributed by atoms with van der Waals surface area (Å²) in [7, 11) is 0. The van der Waals surface area contributed by atoms with Crippen LogP contribution in [0.1, 0.15) is 10.4 Å². The van der Waals surface area contributed by atoms with Crippen LogP contribution in [0.15, 0.2) is 73.1 Å². The average molecular weight is 404 g/mol. The van der Waals surface area contributed by atoms with Crippen molar-refractivity contribution < 1.29 is 19.4 Å². The van der Waals surface area contributed by atoms with Gasteiger partial charge in [-0.2, -0.15) is 0 Å². The molecule has 2 heterocycles. The number of rotatable bonds is 5. The molecule has 0 aliphatic rings. The quantitative estimate of drug-likeness (QED) is 0.212. The number of hydrogen-bond acceptors (Lipinski definition) is 7. The van der Waals surface area contributed by atoms with E-state index < -0.39 is 15.8 Å². The summed E-state index contributed by atoms with van der Waals surface area (Å²) in [6.07, 6.45) is 3.04. The molecule has 0 spiro atoms. The van der Waals surface area contributed by atoms with E-state index in [2.05, 4.69) is 4.98 Å². The van der Waals surface area contributed by atoms with E-state index in [9.17, 15) is 25.0 Å². The maximum absolute atomic E-state index is 12.2. The fourth-order valence-electron chi connectivity index (χ4n) is 2.83. The van der Waals surface area contributed by atoms with E-state index in [1.165, 1.54) is 30.5 Å². The zero-order chi connectivity index (χ0) is 21.3. The Hall–Kier alpha value is -4.60. The zero-order valence-corrected chi connectivity index (χ0v) is 15.2. The first-order valence-corrected chi connectivity index (χ1v) is 8.61. The average Bonchev–Trinajstić information content (AvgIpc) is 3.17. The van der Waals surface area contributed by atoms with Gasteiger partial charge in [0.1, 0.15) is 11.4 Å². The Balaban J connectivity index is 1.53. The van der Waals surface area contributed by atoms with Crippen molar-refractivity contribution in [2.45, 2.75) is 0 Å². The number of nitrogens with zero attached hydrogens (tertiary/aromatic N) is 4. The van der Waals surface area contributed by atoms with Crippen molar-refractivity contribution in [3.63, 3.8) is 0 Å². The lowest BCUT2D eigenvalue weighted by Gasteiger charge is -2.05. The number of fused-ring (bicyclic) bond motifs is 1. The van der Waals surface area contributed by atoms with Crippen molar-refractivity contribution in [2.24, 2.45) is 0 Å². The first-order chi connectivity index (χ1) is 14.4. The van der Waals surface area contributed by atoms with E-state index >= 15 is 0 Å². The number of carbonyl (C=O) groups is 1. The molecule has 0 bridgehead atoms. The van der Waals surface area contributed by atoms with Crippen LogP contribution < -0.4 is 4.74 Å². The maximum atomic E-state index is 12.2. The molecule has 4 aromatic rings. The van der Waals surface area contributed by atoms with Crippen LogP contribution in [0, 0.1) is 20.2 Å². The van der Waals surface area contributed by atoms with Crippen LogP contribution in [0.25, 0.3) is 16.9 Å². The summed E-state index contributed by atoms with van der Waals surface area (Å²) in [5, 5.41) is 21.7. The highest BCUT2D eigenvalue weighted by molar-refractivity contribution is 5.91. The minimum atomic E-state index is -0.716. The van der Waals surface area contributed by atoms with Gasteiger partial charge in [-0.25, -0.2) is 9.78 Å². The Morgan fingerprint density at radius 3 is 2.33 bits per heavy atom. The molecule has 0 fully saturated rings. The fourth-order valence-corrected chi connectivity index (χ4v) is 2.83. The van der Waals surface area contributed by atoms with Gasteiger partial charge in [0.15, 0.2) is 0 Å². The molecular weight excluding hydrogens is 392 g/mol. The molecule has 0 radical (unpaired) electrons. The SMILES string of the molecule is O=C(Oc1ccc(-c2cn3cc([N+](=O)[O-])ccc3n2)cc1)c1cccc([N+](=O)[O-])c1. The van der Waals surface area contributed by atoms with E-state index in [1.807, 2.05) is 0 Å². The van der Waals surface area contributed by atoms with Crippen molar-refractivity contribution in [2.75, 3.05) is 0 Å². The smallest absolute Gasteiger partial charge is 0.343 e. The molecule has 148 valence electrons. The van der Waals surface area contributed by atoms with Crippen LogP contribution in [-0.4, -0.2) is 25.2 Å². The van der Waals surface area contributed by atoms with Gasteiger partial charge in [-0.15, -0.1) is 0 Å². The molecule has 2 aromatic carbocycles. The molecule has 0 saturated carbocycles. The number of esters is 1.